The molecule has 2 aromatic carbocycles. The van der Waals surface area contributed by atoms with Crippen molar-refractivity contribution >= 4 is 34.0 Å². The Labute approximate surface area is 148 Å². The van der Waals surface area contributed by atoms with Crippen molar-refractivity contribution in [1.29, 1.82) is 0 Å². The largest absolute Gasteiger partial charge is 0.493 e. The van der Waals surface area contributed by atoms with Crippen LogP contribution in [0.1, 0.15) is 15.9 Å². The normalized spacial score (nSPS) is 12.5. The van der Waals surface area contributed by atoms with Crippen LogP contribution in [0.2, 0.25) is 5.02 Å². The van der Waals surface area contributed by atoms with E-state index in [0.29, 0.717) is 15.7 Å². The Balaban J connectivity index is 1.52. The number of nitrogens with zero attached hydrogens (tertiary/aromatic N) is 1. The number of amides is 1. The predicted molar refractivity (Wildman–Crippen MR) is 96.2 cm³/mol. The van der Waals surface area contributed by atoms with Crippen molar-refractivity contribution in [3.63, 3.8) is 0 Å². The third-order valence-electron chi connectivity index (χ3n) is 3.82. The maximum atomic E-state index is 12.2. The first kappa shape index (κ1) is 15.2. The average Bonchev–Trinajstić information content (AvgIpc) is 3.23. The molecule has 1 amide bonds. The van der Waals surface area contributed by atoms with Gasteiger partial charge in [-0.05, 0) is 48.0 Å². The molecule has 1 aliphatic rings. The SMILES string of the molecule is O=C(Nc1nc(-c2ccc3c(c2)CCO3)cs1)c1ccc(Cl)cc1. The number of aromatic nitrogens is 1. The predicted octanol–water partition coefficient (Wildman–Crippen LogP) is 4.65. The molecule has 0 radical (unpaired) electrons. The van der Waals surface area contributed by atoms with Crippen LogP contribution in [-0.4, -0.2) is 17.5 Å². The summed E-state index contributed by atoms with van der Waals surface area (Å²) in [7, 11) is 0. The Morgan fingerprint density at radius 1 is 1.21 bits per heavy atom. The van der Waals surface area contributed by atoms with Crippen molar-refractivity contribution in [2.75, 3.05) is 11.9 Å². The molecule has 4 rings (SSSR count). The van der Waals surface area contributed by atoms with Crippen molar-refractivity contribution in [3.05, 3.63) is 64.0 Å². The zero-order valence-electron chi connectivity index (χ0n) is 12.6. The number of benzene rings is 2. The second-order valence-electron chi connectivity index (χ2n) is 5.42. The highest BCUT2D eigenvalue weighted by Gasteiger charge is 2.14. The highest BCUT2D eigenvalue weighted by molar-refractivity contribution is 7.14. The zero-order valence-corrected chi connectivity index (χ0v) is 14.2. The summed E-state index contributed by atoms with van der Waals surface area (Å²) in [6.07, 6.45) is 0.924. The fourth-order valence-corrected chi connectivity index (χ4v) is 3.42. The van der Waals surface area contributed by atoms with Gasteiger partial charge in [-0.1, -0.05) is 11.6 Å². The fraction of sp³-hybridized carbons (Fsp3) is 0.111. The number of hydrogen-bond donors (Lipinski definition) is 1. The van der Waals surface area contributed by atoms with E-state index in [9.17, 15) is 4.79 Å². The van der Waals surface area contributed by atoms with Crippen LogP contribution >= 0.6 is 22.9 Å². The van der Waals surface area contributed by atoms with Crippen molar-refractivity contribution in [2.45, 2.75) is 6.42 Å². The van der Waals surface area contributed by atoms with Gasteiger partial charge >= 0.3 is 0 Å². The Bertz CT molecular complexity index is 906. The molecule has 0 saturated carbocycles. The lowest BCUT2D eigenvalue weighted by molar-refractivity contribution is 0.102. The van der Waals surface area contributed by atoms with E-state index >= 15 is 0 Å². The van der Waals surface area contributed by atoms with Crippen molar-refractivity contribution in [3.8, 4) is 17.0 Å². The topological polar surface area (TPSA) is 51.2 Å². The average molecular weight is 357 g/mol. The fourth-order valence-electron chi connectivity index (χ4n) is 2.58. The van der Waals surface area contributed by atoms with E-state index in [-0.39, 0.29) is 5.91 Å². The van der Waals surface area contributed by atoms with Crippen LogP contribution < -0.4 is 10.1 Å². The summed E-state index contributed by atoms with van der Waals surface area (Å²) in [6.45, 7) is 0.734. The van der Waals surface area contributed by atoms with Crippen LogP contribution in [0, 0.1) is 0 Å². The quantitative estimate of drug-likeness (QED) is 0.743. The molecular weight excluding hydrogens is 344 g/mol. The van der Waals surface area contributed by atoms with Crippen LogP contribution in [0.25, 0.3) is 11.3 Å². The van der Waals surface area contributed by atoms with Crippen LogP contribution in [0.5, 0.6) is 5.75 Å². The van der Waals surface area contributed by atoms with Gasteiger partial charge in [0.25, 0.3) is 5.91 Å². The number of nitrogens with one attached hydrogen (secondary N) is 1. The molecule has 1 aromatic heterocycles. The summed E-state index contributed by atoms with van der Waals surface area (Å²) in [6, 6.07) is 12.8. The Hall–Kier alpha value is -2.37. The van der Waals surface area contributed by atoms with Gasteiger partial charge in [-0.15, -0.1) is 11.3 Å². The molecule has 0 aliphatic carbocycles. The number of carbonyl (C=O) groups excluding carboxylic acids is 1. The third-order valence-corrected chi connectivity index (χ3v) is 4.83. The van der Waals surface area contributed by atoms with Gasteiger partial charge in [0.15, 0.2) is 5.13 Å². The number of thiazole rings is 1. The molecule has 120 valence electrons. The number of rotatable bonds is 3. The summed E-state index contributed by atoms with van der Waals surface area (Å²) in [5.41, 5.74) is 3.63. The highest BCUT2D eigenvalue weighted by atomic mass is 35.5. The molecule has 0 atom stereocenters. The molecule has 2 heterocycles. The number of hydrogen-bond acceptors (Lipinski definition) is 4. The summed E-state index contributed by atoms with van der Waals surface area (Å²) in [4.78, 5) is 16.7. The van der Waals surface area contributed by atoms with Gasteiger partial charge in [0.05, 0.1) is 12.3 Å². The Kier molecular flexibility index (Phi) is 3.96. The van der Waals surface area contributed by atoms with Gasteiger partial charge < -0.3 is 4.74 Å². The van der Waals surface area contributed by atoms with Crippen LogP contribution in [0.15, 0.2) is 47.8 Å². The van der Waals surface area contributed by atoms with Gasteiger partial charge in [0.2, 0.25) is 0 Å². The van der Waals surface area contributed by atoms with Gasteiger partial charge in [0.1, 0.15) is 5.75 Å². The van der Waals surface area contributed by atoms with E-state index in [2.05, 4.69) is 16.4 Å². The first-order valence-corrected chi connectivity index (χ1v) is 8.73. The summed E-state index contributed by atoms with van der Waals surface area (Å²) < 4.78 is 5.52. The third kappa shape index (κ3) is 3.00. The second kappa shape index (κ2) is 6.26. The minimum absolute atomic E-state index is 0.199. The summed E-state index contributed by atoms with van der Waals surface area (Å²) >= 11 is 7.24. The Morgan fingerprint density at radius 3 is 2.88 bits per heavy atom. The smallest absolute Gasteiger partial charge is 0.257 e. The molecule has 0 spiro atoms. The maximum Gasteiger partial charge on any atom is 0.257 e. The second-order valence-corrected chi connectivity index (χ2v) is 6.71. The van der Waals surface area contributed by atoms with Crippen LogP contribution in [0.3, 0.4) is 0 Å². The minimum Gasteiger partial charge on any atom is -0.493 e. The standard InChI is InChI=1S/C18H13ClN2O2S/c19-14-4-1-11(2-5-14)17(22)21-18-20-15(10-24-18)12-3-6-16-13(9-12)7-8-23-16/h1-6,9-10H,7-8H2,(H,20,21,22). The van der Waals surface area contributed by atoms with Crippen LogP contribution in [-0.2, 0) is 6.42 Å². The van der Waals surface area contributed by atoms with Crippen molar-refractivity contribution < 1.29 is 9.53 Å². The van der Waals surface area contributed by atoms with Gasteiger partial charge in [-0.3, -0.25) is 10.1 Å². The van der Waals surface area contributed by atoms with E-state index in [4.69, 9.17) is 16.3 Å². The highest BCUT2D eigenvalue weighted by Crippen LogP contribution is 2.32. The van der Waals surface area contributed by atoms with E-state index in [1.54, 1.807) is 24.3 Å². The molecule has 1 N–H and O–H groups in total. The number of carbonyl (C=O) groups is 1. The van der Waals surface area contributed by atoms with Crippen LogP contribution in [0.4, 0.5) is 5.13 Å². The van der Waals surface area contributed by atoms with E-state index in [1.807, 2.05) is 17.5 Å². The van der Waals surface area contributed by atoms with Crippen molar-refractivity contribution in [2.24, 2.45) is 0 Å². The molecule has 0 bridgehead atoms. The first-order chi connectivity index (χ1) is 11.7. The molecule has 3 aromatic rings. The number of anilines is 1. The van der Waals surface area contributed by atoms with Gasteiger partial charge in [0, 0.05) is 28.0 Å². The summed E-state index contributed by atoms with van der Waals surface area (Å²) in [5.74, 6) is 0.750. The molecule has 24 heavy (non-hydrogen) atoms. The lowest BCUT2D eigenvalue weighted by Gasteiger charge is -2.02. The van der Waals surface area contributed by atoms with Gasteiger partial charge in [-0.25, -0.2) is 4.98 Å². The monoisotopic (exact) mass is 356 g/mol. The lowest BCUT2D eigenvalue weighted by atomic mass is 10.1. The van der Waals surface area contributed by atoms with E-state index < -0.39 is 0 Å². The molecule has 0 unspecified atom stereocenters. The molecule has 4 nitrogen and oxygen atoms in total. The maximum absolute atomic E-state index is 12.2. The number of halogens is 1. The van der Waals surface area contributed by atoms with E-state index in [1.165, 1.54) is 16.9 Å². The van der Waals surface area contributed by atoms with E-state index in [0.717, 1.165) is 30.0 Å². The molecule has 0 saturated heterocycles. The van der Waals surface area contributed by atoms with Crippen molar-refractivity contribution in [1.82, 2.24) is 4.98 Å². The van der Waals surface area contributed by atoms with Gasteiger partial charge in [-0.2, -0.15) is 0 Å². The number of fused-ring (bicyclic) bond motifs is 1. The lowest BCUT2D eigenvalue weighted by Crippen LogP contribution is -2.11. The minimum atomic E-state index is -0.199. The molecular formula is C18H13ClN2O2S. The zero-order chi connectivity index (χ0) is 16.5. The molecule has 6 heteroatoms. The first-order valence-electron chi connectivity index (χ1n) is 7.47. The molecule has 1 aliphatic heterocycles. The Morgan fingerprint density at radius 2 is 2.04 bits per heavy atom. The summed E-state index contributed by atoms with van der Waals surface area (Å²) in [5, 5.41) is 5.93. The number of ether oxygens (including phenoxy) is 1. The molecule has 0 fully saturated rings.